The molecule has 112 valence electrons. The smallest absolute Gasteiger partial charge is 0.416 e. The van der Waals surface area contributed by atoms with Crippen molar-refractivity contribution < 1.29 is 22.3 Å². The van der Waals surface area contributed by atoms with Gasteiger partial charge < -0.3 is 10.5 Å². The Hall–Kier alpha value is -2.08. The van der Waals surface area contributed by atoms with E-state index in [1.807, 2.05) is 0 Å². The molecule has 0 spiro atoms. The van der Waals surface area contributed by atoms with E-state index in [4.69, 9.17) is 10.5 Å². The Morgan fingerprint density at radius 2 is 1.76 bits per heavy atom. The second kappa shape index (κ2) is 6.13. The zero-order valence-electron chi connectivity index (χ0n) is 10.9. The summed E-state index contributed by atoms with van der Waals surface area (Å²) in [5.41, 5.74) is 4.91. The third-order valence-corrected chi connectivity index (χ3v) is 2.91. The minimum Gasteiger partial charge on any atom is -0.484 e. The molecule has 21 heavy (non-hydrogen) atoms. The van der Waals surface area contributed by atoms with Crippen LogP contribution in [0.25, 0.3) is 0 Å². The first-order chi connectivity index (χ1) is 9.91. The molecule has 6 heteroatoms. The Morgan fingerprint density at radius 1 is 1.05 bits per heavy atom. The number of ether oxygens (including phenoxy) is 1. The summed E-state index contributed by atoms with van der Waals surface area (Å²) in [5, 5.41) is 0. The van der Waals surface area contributed by atoms with Crippen LogP contribution in [0.15, 0.2) is 48.5 Å². The highest BCUT2D eigenvalue weighted by Crippen LogP contribution is 2.32. The number of hydrogen-bond acceptors (Lipinski definition) is 2. The van der Waals surface area contributed by atoms with Crippen LogP contribution in [-0.2, 0) is 6.18 Å². The summed E-state index contributed by atoms with van der Waals surface area (Å²) in [5.74, 6) is -0.525. The van der Waals surface area contributed by atoms with Crippen molar-refractivity contribution in [3.63, 3.8) is 0 Å². The van der Waals surface area contributed by atoms with E-state index in [1.165, 1.54) is 30.3 Å². The molecule has 0 aliphatic heterocycles. The molecule has 0 saturated carbocycles. The van der Waals surface area contributed by atoms with E-state index in [0.29, 0.717) is 0 Å². The molecule has 0 aromatic heterocycles. The molecule has 2 N–H and O–H groups in total. The molecule has 0 aliphatic carbocycles. The van der Waals surface area contributed by atoms with Gasteiger partial charge in [-0.1, -0.05) is 24.3 Å². The normalized spacial score (nSPS) is 13.0. The summed E-state index contributed by atoms with van der Waals surface area (Å²) in [6, 6.07) is 10.3. The average Bonchev–Trinajstić information content (AvgIpc) is 2.45. The van der Waals surface area contributed by atoms with Crippen LogP contribution in [-0.4, -0.2) is 6.54 Å². The Morgan fingerprint density at radius 3 is 2.38 bits per heavy atom. The lowest BCUT2D eigenvalue weighted by atomic mass is 10.1. The van der Waals surface area contributed by atoms with Gasteiger partial charge in [-0.25, -0.2) is 4.39 Å². The maximum absolute atomic E-state index is 13.7. The molecule has 0 aliphatic rings. The van der Waals surface area contributed by atoms with Gasteiger partial charge in [-0.3, -0.25) is 0 Å². The molecular weight excluding hydrogens is 286 g/mol. The molecular formula is C15H13F4NO. The molecule has 0 heterocycles. The highest BCUT2D eigenvalue weighted by Gasteiger charge is 2.30. The van der Waals surface area contributed by atoms with Gasteiger partial charge in [-0.15, -0.1) is 0 Å². The lowest BCUT2D eigenvalue weighted by Gasteiger charge is -2.19. The van der Waals surface area contributed by atoms with E-state index >= 15 is 0 Å². The SMILES string of the molecule is NCC(Oc1cccc(C(F)(F)F)c1)c1ccccc1F. The molecule has 0 amide bonds. The summed E-state index contributed by atoms with van der Waals surface area (Å²) < 4.78 is 57.0. The molecule has 2 aromatic rings. The first-order valence-electron chi connectivity index (χ1n) is 6.20. The zero-order chi connectivity index (χ0) is 15.5. The van der Waals surface area contributed by atoms with Gasteiger partial charge in [0.15, 0.2) is 0 Å². The minimum atomic E-state index is -4.46. The van der Waals surface area contributed by atoms with Gasteiger partial charge in [-0.05, 0) is 24.3 Å². The van der Waals surface area contributed by atoms with E-state index in [-0.39, 0.29) is 17.9 Å². The topological polar surface area (TPSA) is 35.2 Å². The summed E-state index contributed by atoms with van der Waals surface area (Å²) >= 11 is 0. The third kappa shape index (κ3) is 3.72. The average molecular weight is 299 g/mol. The van der Waals surface area contributed by atoms with Crippen LogP contribution >= 0.6 is 0 Å². The van der Waals surface area contributed by atoms with E-state index in [9.17, 15) is 17.6 Å². The molecule has 0 saturated heterocycles. The first kappa shape index (κ1) is 15.3. The number of benzene rings is 2. The maximum Gasteiger partial charge on any atom is 0.416 e. The number of alkyl halides is 3. The maximum atomic E-state index is 13.7. The Kier molecular flexibility index (Phi) is 4.47. The number of nitrogens with two attached hydrogens (primary N) is 1. The van der Waals surface area contributed by atoms with E-state index < -0.39 is 23.7 Å². The van der Waals surface area contributed by atoms with Crippen molar-refractivity contribution in [3.8, 4) is 5.75 Å². The van der Waals surface area contributed by atoms with Gasteiger partial charge >= 0.3 is 6.18 Å². The summed E-state index contributed by atoms with van der Waals surface area (Å²) in [7, 11) is 0. The van der Waals surface area contributed by atoms with Crippen molar-refractivity contribution in [1.29, 1.82) is 0 Å². The van der Waals surface area contributed by atoms with Crippen LogP contribution in [0.5, 0.6) is 5.75 Å². The molecule has 1 unspecified atom stereocenters. The highest BCUT2D eigenvalue weighted by atomic mass is 19.4. The number of halogens is 4. The molecule has 0 radical (unpaired) electrons. The van der Waals surface area contributed by atoms with Crippen LogP contribution in [0, 0.1) is 5.82 Å². The van der Waals surface area contributed by atoms with E-state index in [0.717, 1.165) is 12.1 Å². The predicted molar refractivity (Wildman–Crippen MR) is 70.3 cm³/mol. The van der Waals surface area contributed by atoms with Crippen LogP contribution < -0.4 is 10.5 Å². The fourth-order valence-corrected chi connectivity index (χ4v) is 1.88. The fraction of sp³-hybridized carbons (Fsp3) is 0.200. The standard InChI is InChI=1S/C15H13F4NO/c16-13-7-2-1-6-12(13)14(9-20)21-11-5-3-4-10(8-11)15(17,18)19/h1-8,14H,9,20H2. The van der Waals surface area contributed by atoms with E-state index in [1.54, 1.807) is 6.07 Å². The van der Waals surface area contributed by atoms with Crippen LogP contribution in [0.1, 0.15) is 17.2 Å². The van der Waals surface area contributed by atoms with Gasteiger partial charge in [0, 0.05) is 12.1 Å². The molecule has 2 nitrogen and oxygen atoms in total. The van der Waals surface area contributed by atoms with Crippen molar-refractivity contribution in [2.24, 2.45) is 5.73 Å². The predicted octanol–water partition coefficient (Wildman–Crippen LogP) is 3.92. The monoisotopic (exact) mass is 299 g/mol. The fourth-order valence-electron chi connectivity index (χ4n) is 1.88. The van der Waals surface area contributed by atoms with Crippen molar-refractivity contribution in [2.75, 3.05) is 6.54 Å². The van der Waals surface area contributed by atoms with Crippen LogP contribution in [0.4, 0.5) is 17.6 Å². The first-order valence-corrected chi connectivity index (χ1v) is 6.20. The summed E-state index contributed by atoms with van der Waals surface area (Å²) in [6.45, 7) is -0.0584. The highest BCUT2D eigenvalue weighted by molar-refractivity contribution is 5.31. The number of rotatable bonds is 4. The van der Waals surface area contributed by atoms with Gasteiger partial charge in [0.05, 0.1) is 5.56 Å². The molecule has 2 rings (SSSR count). The van der Waals surface area contributed by atoms with Crippen molar-refractivity contribution >= 4 is 0 Å². The van der Waals surface area contributed by atoms with E-state index in [2.05, 4.69) is 0 Å². The van der Waals surface area contributed by atoms with Gasteiger partial charge in [0.1, 0.15) is 17.7 Å². The molecule has 0 fully saturated rings. The van der Waals surface area contributed by atoms with Crippen molar-refractivity contribution in [2.45, 2.75) is 12.3 Å². The Balaban J connectivity index is 2.26. The second-order valence-electron chi connectivity index (χ2n) is 4.39. The summed E-state index contributed by atoms with van der Waals surface area (Å²) in [4.78, 5) is 0. The van der Waals surface area contributed by atoms with Gasteiger partial charge in [0.25, 0.3) is 0 Å². The minimum absolute atomic E-state index is 0.0106. The van der Waals surface area contributed by atoms with Gasteiger partial charge in [-0.2, -0.15) is 13.2 Å². The Labute approximate surface area is 119 Å². The second-order valence-corrected chi connectivity index (χ2v) is 4.39. The Bertz CT molecular complexity index is 613. The largest absolute Gasteiger partial charge is 0.484 e. The van der Waals surface area contributed by atoms with Crippen molar-refractivity contribution in [3.05, 3.63) is 65.5 Å². The quantitative estimate of drug-likeness (QED) is 0.868. The molecule has 2 aromatic carbocycles. The van der Waals surface area contributed by atoms with Crippen LogP contribution in [0.2, 0.25) is 0 Å². The molecule has 1 atom stereocenters. The lowest BCUT2D eigenvalue weighted by molar-refractivity contribution is -0.137. The third-order valence-electron chi connectivity index (χ3n) is 2.91. The molecule has 0 bridgehead atoms. The van der Waals surface area contributed by atoms with Crippen molar-refractivity contribution in [1.82, 2.24) is 0 Å². The number of hydrogen-bond donors (Lipinski definition) is 1. The zero-order valence-corrected chi connectivity index (χ0v) is 10.9. The lowest BCUT2D eigenvalue weighted by Crippen LogP contribution is -2.19. The van der Waals surface area contributed by atoms with Crippen LogP contribution in [0.3, 0.4) is 0 Å². The van der Waals surface area contributed by atoms with Gasteiger partial charge in [0.2, 0.25) is 0 Å². The summed E-state index contributed by atoms with van der Waals surface area (Å²) in [6.07, 6.45) is -5.31.